The fraction of sp³-hybridized carbons (Fsp3) is 0.375. The first-order valence-corrected chi connectivity index (χ1v) is 13.1. The molecule has 1 amide bonds. The summed E-state index contributed by atoms with van der Waals surface area (Å²) in [5, 5.41) is 2.78. The summed E-state index contributed by atoms with van der Waals surface area (Å²) in [6.45, 7) is -1.39. The van der Waals surface area contributed by atoms with E-state index in [2.05, 4.69) is 20.0 Å². The van der Waals surface area contributed by atoms with Crippen LogP contribution >= 0.6 is 0 Å². The van der Waals surface area contributed by atoms with Gasteiger partial charge in [-0.2, -0.15) is 8.78 Å². The number of carbonyl (C=O) groups excluding carboxylic acids is 1. The highest BCUT2D eigenvalue weighted by atomic mass is 32.2. The van der Waals surface area contributed by atoms with Gasteiger partial charge in [0.25, 0.3) is 0 Å². The molecule has 1 aromatic heterocycles. The van der Waals surface area contributed by atoms with E-state index in [-0.39, 0.29) is 47.4 Å². The van der Waals surface area contributed by atoms with Crippen molar-refractivity contribution in [1.29, 1.82) is 0 Å². The fourth-order valence-electron chi connectivity index (χ4n) is 4.58. The number of amides is 1. The summed E-state index contributed by atoms with van der Waals surface area (Å²) in [5.74, 6) is -3.78. The zero-order valence-electron chi connectivity index (χ0n) is 19.7. The molecule has 0 spiro atoms. The number of benzene rings is 1. The van der Waals surface area contributed by atoms with Crippen LogP contribution in [0.2, 0.25) is 0 Å². The molecule has 2 fully saturated rings. The number of hydrogen-bond donors (Lipinski definition) is 2. The van der Waals surface area contributed by atoms with Crippen molar-refractivity contribution in [3.05, 3.63) is 59.3 Å². The molecular formula is C24H24F4N4O4S. The molecular weight excluding hydrogens is 516 g/mol. The molecule has 198 valence electrons. The molecule has 0 unspecified atom stereocenters. The first-order chi connectivity index (χ1) is 17.3. The average molecular weight is 541 g/mol. The zero-order valence-corrected chi connectivity index (χ0v) is 20.5. The monoisotopic (exact) mass is 540 g/mol. The average Bonchev–Trinajstić information content (AvgIpc) is 2.78. The number of halogens is 4. The first-order valence-electron chi connectivity index (χ1n) is 11.3. The Morgan fingerprint density at radius 1 is 1.27 bits per heavy atom. The van der Waals surface area contributed by atoms with Gasteiger partial charge in [-0.25, -0.2) is 27.2 Å². The molecule has 1 saturated carbocycles. The van der Waals surface area contributed by atoms with Gasteiger partial charge >= 0.3 is 6.61 Å². The number of nitrogens with zero attached hydrogens (tertiary/aromatic N) is 2. The number of aromatic nitrogens is 1. The highest BCUT2D eigenvalue weighted by molar-refractivity contribution is 7.93. The van der Waals surface area contributed by atoms with Gasteiger partial charge in [-0.1, -0.05) is 12.1 Å². The normalized spacial score (nSPS) is 22.9. The van der Waals surface area contributed by atoms with Crippen LogP contribution in [0.4, 0.5) is 23.4 Å². The molecule has 13 heteroatoms. The van der Waals surface area contributed by atoms with Gasteiger partial charge in [0.15, 0.2) is 21.5 Å². The van der Waals surface area contributed by atoms with Crippen LogP contribution in [0.25, 0.3) is 5.70 Å². The second-order valence-electron chi connectivity index (χ2n) is 9.34. The Hall–Kier alpha value is -3.48. The number of hydrogen-bond acceptors (Lipinski definition) is 7. The van der Waals surface area contributed by atoms with Crippen LogP contribution in [0, 0.1) is 17.6 Å². The van der Waals surface area contributed by atoms with Crippen LogP contribution in [0.15, 0.2) is 47.1 Å². The zero-order chi connectivity index (χ0) is 27.0. The summed E-state index contributed by atoms with van der Waals surface area (Å²) in [6.07, 6.45) is 1.35. The molecule has 8 nitrogen and oxygen atoms in total. The number of rotatable bonds is 6. The van der Waals surface area contributed by atoms with E-state index in [9.17, 15) is 30.8 Å². The van der Waals surface area contributed by atoms with E-state index >= 15 is 0 Å². The van der Waals surface area contributed by atoms with Crippen molar-refractivity contribution in [3.8, 4) is 5.75 Å². The van der Waals surface area contributed by atoms with E-state index < -0.39 is 45.4 Å². The van der Waals surface area contributed by atoms with Gasteiger partial charge in [-0.3, -0.25) is 4.79 Å². The maximum atomic E-state index is 14.4. The molecule has 2 aliphatic rings. The SMILES string of the molecule is CC1(NC(=O)[C@@H]2CCC(=C(N)c3cccc(OC(F)F)c3)C(=Nc3ncc(F)cc3F)C2)CS(=O)(=O)C1. The van der Waals surface area contributed by atoms with Gasteiger partial charge in [0, 0.05) is 35.4 Å². The van der Waals surface area contributed by atoms with Crippen molar-refractivity contribution >= 4 is 33.0 Å². The second-order valence-corrected chi connectivity index (χ2v) is 11.4. The summed E-state index contributed by atoms with van der Waals surface area (Å²) in [5.41, 5.74) is 6.67. The highest BCUT2D eigenvalue weighted by Crippen LogP contribution is 2.34. The van der Waals surface area contributed by atoms with E-state index in [4.69, 9.17) is 5.73 Å². The summed E-state index contributed by atoms with van der Waals surface area (Å²) in [4.78, 5) is 20.9. The maximum absolute atomic E-state index is 14.4. The number of sulfone groups is 1. The van der Waals surface area contributed by atoms with Crippen LogP contribution in [0.5, 0.6) is 5.75 Å². The van der Waals surface area contributed by atoms with Gasteiger partial charge in [0.2, 0.25) is 5.91 Å². The Kier molecular flexibility index (Phi) is 7.27. The lowest BCUT2D eigenvalue weighted by Crippen LogP contribution is -2.64. The number of pyridine rings is 1. The molecule has 4 rings (SSSR count). The highest BCUT2D eigenvalue weighted by Gasteiger charge is 2.46. The third-order valence-corrected chi connectivity index (χ3v) is 8.28. The van der Waals surface area contributed by atoms with Crippen LogP contribution in [0.3, 0.4) is 0 Å². The van der Waals surface area contributed by atoms with Gasteiger partial charge in [-0.15, -0.1) is 0 Å². The second kappa shape index (κ2) is 10.1. The Morgan fingerprint density at radius 2 is 2.00 bits per heavy atom. The van der Waals surface area contributed by atoms with Gasteiger partial charge in [0.1, 0.15) is 11.6 Å². The molecule has 0 bridgehead atoms. The number of alkyl halides is 2. The third-order valence-electron chi connectivity index (χ3n) is 6.13. The molecule has 0 radical (unpaired) electrons. The summed E-state index contributed by atoms with van der Waals surface area (Å²) in [6, 6.07) is 6.33. The van der Waals surface area contributed by atoms with Crippen molar-refractivity contribution in [1.82, 2.24) is 10.3 Å². The maximum Gasteiger partial charge on any atom is 0.387 e. The Labute approximate surface area is 210 Å². The number of allylic oxidation sites excluding steroid dienone is 1. The molecule has 2 aromatic rings. The number of nitrogens with one attached hydrogen (secondary N) is 1. The number of aliphatic imine (C=N–C) groups is 1. The molecule has 1 aliphatic carbocycles. The van der Waals surface area contributed by atoms with Gasteiger partial charge in [0.05, 0.1) is 23.2 Å². The summed E-state index contributed by atoms with van der Waals surface area (Å²) in [7, 11) is -3.19. The number of nitrogens with two attached hydrogens (primary N) is 1. The molecule has 1 atom stereocenters. The topological polar surface area (TPSA) is 124 Å². The van der Waals surface area contributed by atoms with Crippen molar-refractivity contribution in [2.24, 2.45) is 16.6 Å². The van der Waals surface area contributed by atoms with Crippen LogP contribution in [0.1, 0.15) is 31.7 Å². The number of carbonyl (C=O) groups is 1. The Morgan fingerprint density at radius 3 is 2.65 bits per heavy atom. The third kappa shape index (κ3) is 6.27. The first kappa shape index (κ1) is 26.6. The van der Waals surface area contributed by atoms with Crippen LogP contribution in [-0.2, 0) is 14.6 Å². The quantitative estimate of drug-likeness (QED) is 0.541. The lowest BCUT2D eigenvalue weighted by molar-refractivity contribution is -0.126. The predicted molar refractivity (Wildman–Crippen MR) is 128 cm³/mol. The minimum Gasteiger partial charge on any atom is -0.435 e. The predicted octanol–water partition coefficient (Wildman–Crippen LogP) is 3.51. The van der Waals surface area contributed by atoms with E-state index in [1.165, 1.54) is 18.2 Å². The van der Waals surface area contributed by atoms with Crippen molar-refractivity contribution in [2.45, 2.75) is 38.3 Å². The lowest BCUT2D eigenvalue weighted by atomic mass is 9.81. The lowest BCUT2D eigenvalue weighted by Gasteiger charge is -2.39. The molecule has 37 heavy (non-hydrogen) atoms. The van der Waals surface area contributed by atoms with E-state index in [1.807, 2.05) is 0 Å². The van der Waals surface area contributed by atoms with Gasteiger partial charge < -0.3 is 15.8 Å². The van der Waals surface area contributed by atoms with E-state index in [1.54, 1.807) is 13.0 Å². The van der Waals surface area contributed by atoms with E-state index in [0.29, 0.717) is 23.6 Å². The standard InChI is InChI=1S/C24H24F4N4O4S/c1-24(11-37(34,35)12-24)32-22(33)14-5-6-17(19(8-14)31-21-18(26)9-15(25)10-30-21)20(29)13-3-2-4-16(7-13)36-23(27)28/h2-4,7,9-10,14,23H,5-6,8,11-12,29H2,1H3,(H,32,33)/t14-/m1/s1. The summed E-state index contributed by atoms with van der Waals surface area (Å²) < 4.78 is 80.7. The Bertz CT molecular complexity index is 1380. The summed E-state index contributed by atoms with van der Waals surface area (Å²) >= 11 is 0. The number of ether oxygens (including phenoxy) is 1. The molecule has 3 N–H and O–H groups in total. The smallest absolute Gasteiger partial charge is 0.387 e. The molecule has 1 aromatic carbocycles. The van der Waals surface area contributed by atoms with Crippen molar-refractivity contribution < 1.29 is 35.5 Å². The van der Waals surface area contributed by atoms with Crippen LogP contribution in [-0.4, -0.2) is 48.7 Å². The molecule has 1 aliphatic heterocycles. The molecule has 1 saturated heterocycles. The minimum atomic E-state index is -3.19. The largest absolute Gasteiger partial charge is 0.435 e. The van der Waals surface area contributed by atoms with Gasteiger partial charge in [-0.05, 0) is 37.5 Å². The van der Waals surface area contributed by atoms with Crippen molar-refractivity contribution in [3.63, 3.8) is 0 Å². The fourth-order valence-corrected chi connectivity index (χ4v) is 6.58. The van der Waals surface area contributed by atoms with E-state index in [0.717, 1.165) is 6.20 Å². The minimum absolute atomic E-state index is 0.0103. The molecule has 2 heterocycles. The van der Waals surface area contributed by atoms with Crippen molar-refractivity contribution in [2.75, 3.05) is 11.5 Å². The van der Waals surface area contributed by atoms with Crippen LogP contribution < -0.4 is 15.8 Å². The Balaban J connectivity index is 1.67.